The summed E-state index contributed by atoms with van der Waals surface area (Å²) in [6.07, 6.45) is 3.35. The summed E-state index contributed by atoms with van der Waals surface area (Å²) in [4.78, 5) is 23.2. The van der Waals surface area contributed by atoms with Gasteiger partial charge >= 0.3 is 11.9 Å². The van der Waals surface area contributed by atoms with Crippen LogP contribution >= 0.6 is 0 Å². The number of nitriles is 2. The standard InChI is InChI=1S/C18H28N4O4/c1-3-11-25-17(23)15(13-19)7-5-9-21-22-10-6-8-16(14-20)18(24)26-12-4-2/h15-16H,3-12H2,1-2H3. The van der Waals surface area contributed by atoms with Crippen LogP contribution in [0, 0.1) is 34.5 Å². The number of nitrogens with zero attached hydrogens (tertiary/aromatic N) is 4. The first-order valence-electron chi connectivity index (χ1n) is 9.06. The van der Waals surface area contributed by atoms with Crippen LogP contribution in [0.2, 0.25) is 0 Å². The monoisotopic (exact) mass is 364 g/mol. The van der Waals surface area contributed by atoms with Crippen LogP contribution in [0.25, 0.3) is 0 Å². The summed E-state index contributed by atoms with van der Waals surface area (Å²) in [5, 5.41) is 25.9. The number of ether oxygens (including phenoxy) is 2. The maximum atomic E-state index is 11.6. The molecule has 0 amide bonds. The molecule has 0 aromatic carbocycles. The molecule has 0 spiro atoms. The van der Waals surface area contributed by atoms with E-state index in [4.69, 9.17) is 20.0 Å². The second-order valence-corrected chi connectivity index (χ2v) is 5.71. The predicted octanol–water partition coefficient (Wildman–Crippen LogP) is 3.18. The molecule has 0 N–H and O–H groups in total. The molecule has 0 saturated carbocycles. The molecule has 8 heteroatoms. The second-order valence-electron chi connectivity index (χ2n) is 5.71. The van der Waals surface area contributed by atoms with Crippen molar-refractivity contribution < 1.29 is 19.1 Å². The van der Waals surface area contributed by atoms with Crippen LogP contribution in [0.15, 0.2) is 10.2 Å². The number of azo groups is 1. The molecule has 0 aliphatic heterocycles. The van der Waals surface area contributed by atoms with Crippen molar-refractivity contribution >= 4 is 11.9 Å². The van der Waals surface area contributed by atoms with E-state index in [1.54, 1.807) is 0 Å². The molecular weight excluding hydrogens is 336 g/mol. The quantitative estimate of drug-likeness (QED) is 0.265. The largest absolute Gasteiger partial charge is 0.465 e. The highest BCUT2D eigenvalue weighted by Crippen LogP contribution is 2.10. The van der Waals surface area contributed by atoms with Crippen molar-refractivity contribution in [2.24, 2.45) is 22.1 Å². The second kappa shape index (κ2) is 16.0. The van der Waals surface area contributed by atoms with E-state index in [-0.39, 0.29) is 0 Å². The molecule has 0 aliphatic carbocycles. The normalized spacial score (nSPS) is 12.8. The first-order valence-corrected chi connectivity index (χ1v) is 9.06. The fraction of sp³-hybridized carbons (Fsp3) is 0.778. The van der Waals surface area contributed by atoms with Gasteiger partial charge in [-0.25, -0.2) is 0 Å². The van der Waals surface area contributed by atoms with E-state index < -0.39 is 23.8 Å². The SMILES string of the molecule is CCCOC(=O)C(C#N)CCCN=NCCCC(C#N)C(=O)OCCC. The van der Waals surface area contributed by atoms with E-state index in [1.165, 1.54) is 0 Å². The van der Waals surface area contributed by atoms with Gasteiger partial charge in [0.1, 0.15) is 11.8 Å². The summed E-state index contributed by atoms with van der Waals surface area (Å²) in [6, 6.07) is 3.89. The van der Waals surface area contributed by atoms with Crippen molar-refractivity contribution in [1.29, 1.82) is 10.5 Å². The average molecular weight is 364 g/mol. The molecule has 0 aliphatic rings. The zero-order chi connectivity index (χ0) is 19.6. The lowest BCUT2D eigenvalue weighted by molar-refractivity contribution is -0.147. The minimum Gasteiger partial charge on any atom is -0.465 e. The van der Waals surface area contributed by atoms with E-state index in [2.05, 4.69) is 10.2 Å². The molecule has 2 atom stereocenters. The lowest BCUT2D eigenvalue weighted by atomic mass is 10.1. The Bertz CT molecular complexity index is 476. The molecule has 26 heavy (non-hydrogen) atoms. The summed E-state index contributed by atoms with van der Waals surface area (Å²) < 4.78 is 9.90. The van der Waals surface area contributed by atoms with Crippen LogP contribution < -0.4 is 0 Å². The molecule has 8 nitrogen and oxygen atoms in total. The van der Waals surface area contributed by atoms with Gasteiger partial charge in [0.2, 0.25) is 0 Å². The number of hydrogen-bond acceptors (Lipinski definition) is 8. The fourth-order valence-electron chi connectivity index (χ4n) is 1.95. The van der Waals surface area contributed by atoms with Gasteiger partial charge in [0, 0.05) is 0 Å². The molecule has 0 aromatic rings. The van der Waals surface area contributed by atoms with Crippen LogP contribution in [0.4, 0.5) is 0 Å². The molecule has 2 unspecified atom stereocenters. The van der Waals surface area contributed by atoms with Gasteiger partial charge in [-0.1, -0.05) is 13.8 Å². The Morgan fingerprint density at radius 3 is 1.54 bits per heavy atom. The van der Waals surface area contributed by atoms with Gasteiger partial charge in [0.05, 0.1) is 38.4 Å². The molecule has 0 bridgehead atoms. The molecule has 0 heterocycles. The Labute approximate surface area is 155 Å². The molecule has 0 rings (SSSR count). The molecule has 0 saturated heterocycles. The van der Waals surface area contributed by atoms with Crippen molar-refractivity contribution in [3.63, 3.8) is 0 Å². The number of carbonyl (C=O) groups excluding carboxylic acids is 2. The Hall–Kier alpha value is -2.48. The van der Waals surface area contributed by atoms with Gasteiger partial charge in [-0.3, -0.25) is 9.59 Å². The summed E-state index contributed by atoms with van der Waals surface area (Å²) in [5.74, 6) is -2.49. The Morgan fingerprint density at radius 2 is 1.23 bits per heavy atom. The van der Waals surface area contributed by atoms with Crippen LogP contribution in [-0.2, 0) is 19.1 Å². The lowest BCUT2D eigenvalue weighted by Crippen LogP contribution is -2.17. The van der Waals surface area contributed by atoms with Crippen molar-refractivity contribution in [1.82, 2.24) is 0 Å². The molecule has 0 fully saturated rings. The Kier molecular flexibility index (Phi) is 14.5. The first-order chi connectivity index (χ1) is 12.6. The fourth-order valence-corrected chi connectivity index (χ4v) is 1.95. The lowest BCUT2D eigenvalue weighted by Gasteiger charge is -2.08. The number of rotatable bonds is 14. The van der Waals surface area contributed by atoms with Crippen molar-refractivity contribution in [2.45, 2.75) is 52.4 Å². The van der Waals surface area contributed by atoms with Crippen LogP contribution in [0.1, 0.15) is 52.4 Å². The topological polar surface area (TPSA) is 125 Å². The van der Waals surface area contributed by atoms with E-state index in [9.17, 15) is 9.59 Å². The average Bonchev–Trinajstić information content (AvgIpc) is 2.65. The van der Waals surface area contributed by atoms with E-state index in [0.29, 0.717) is 52.0 Å². The predicted molar refractivity (Wildman–Crippen MR) is 93.8 cm³/mol. The maximum Gasteiger partial charge on any atom is 0.323 e. The van der Waals surface area contributed by atoms with E-state index >= 15 is 0 Å². The van der Waals surface area contributed by atoms with Gasteiger partial charge in [0.15, 0.2) is 0 Å². The highest BCUT2D eigenvalue weighted by atomic mass is 16.5. The third-order valence-electron chi connectivity index (χ3n) is 3.38. The van der Waals surface area contributed by atoms with Gasteiger partial charge in [0.25, 0.3) is 0 Å². The number of carbonyl (C=O) groups is 2. The third kappa shape index (κ3) is 11.1. The van der Waals surface area contributed by atoms with E-state index in [0.717, 1.165) is 12.8 Å². The van der Waals surface area contributed by atoms with Crippen molar-refractivity contribution in [3.05, 3.63) is 0 Å². The Morgan fingerprint density at radius 1 is 0.846 bits per heavy atom. The number of esters is 2. The van der Waals surface area contributed by atoms with E-state index in [1.807, 2.05) is 26.0 Å². The summed E-state index contributed by atoms with van der Waals surface area (Å²) >= 11 is 0. The highest BCUT2D eigenvalue weighted by Gasteiger charge is 2.19. The zero-order valence-electron chi connectivity index (χ0n) is 15.6. The Balaban J connectivity index is 3.90. The van der Waals surface area contributed by atoms with Crippen LogP contribution in [-0.4, -0.2) is 38.2 Å². The molecular formula is C18H28N4O4. The van der Waals surface area contributed by atoms with Crippen molar-refractivity contribution in [2.75, 3.05) is 26.3 Å². The van der Waals surface area contributed by atoms with Gasteiger partial charge in [-0.2, -0.15) is 20.8 Å². The van der Waals surface area contributed by atoms with Crippen LogP contribution in [0.3, 0.4) is 0 Å². The maximum absolute atomic E-state index is 11.6. The van der Waals surface area contributed by atoms with Gasteiger partial charge < -0.3 is 9.47 Å². The number of hydrogen-bond donors (Lipinski definition) is 0. The highest BCUT2D eigenvalue weighted by molar-refractivity contribution is 5.75. The molecule has 0 radical (unpaired) electrons. The molecule has 144 valence electrons. The summed E-state index contributed by atoms with van der Waals surface area (Å²) in [6.45, 7) is 5.27. The van der Waals surface area contributed by atoms with Crippen molar-refractivity contribution in [3.8, 4) is 12.1 Å². The minimum atomic E-state index is -0.762. The smallest absolute Gasteiger partial charge is 0.323 e. The molecule has 0 aromatic heterocycles. The minimum absolute atomic E-state index is 0.326. The first kappa shape index (κ1) is 23.5. The third-order valence-corrected chi connectivity index (χ3v) is 3.38. The van der Waals surface area contributed by atoms with Gasteiger partial charge in [-0.05, 0) is 38.5 Å². The zero-order valence-corrected chi connectivity index (χ0v) is 15.6. The summed E-state index contributed by atoms with van der Waals surface area (Å²) in [5.41, 5.74) is 0. The van der Waals surface area contributed by atoms with Gasteiger partial charge in [-0.15, -0.1) is 0 Å². The van der Waals surface area contributed by atoms with Crippen LogP contribution in [0.5, 0.6) is 0 Å². The summed E-state index contributed by atoms with van der Waals surface area (Å²) in [7, 11) is 0.